The molecule has 1 unspecified atom stereocenters. The summed E-state index contributed by atoms with van der Waals surface area (Å²) in [5.74, 6) is 0. The Kier molecular flexibility index (Phi) is 21.0. The first-order valence-electron chi connectivity index (χ1n) is 8.09. The van der Waals surface area contributed by atoms with Crippen molar-refractivity contribution in [2.75, 3.05) is 26.2 Å². The van der Waals surface area contributed by atoms with Gasteiger partial charge >= 0.3 is 0 Å². The van der Waals surface area contributed by atoms with Crippen LogP contribution in [-0.4, -0.2) is 36.1 Å². The van der Waals surface area contributed by atoms with Crippen LogP contribution in [0.1, 0.15) is 79.1 Å². The SMILES string of the molecule is CCCC[N+](CCCC)(CCCC)CCCC.O.P. The molecule has 0 aliphatic rings. The third kappa shape index (κ3) is 11.8. The number of hydrogen-bond donors (Lipinski definition) is 0. The molecule has 0 rings (SSSR count). The Balaban J connectivity index is -0.00000128. The second-order valence-corrected chi connectivity index (χ2v) is 5.65. The molecule has 0 aromatic rings. The molecule has 2 nitrogen and oxygen atoms in total. The Hall–Kier alpha value is 0.350. The van der Waals surface area contributed by atoms with E-state index in [2.05, 4.69) is 27.7 Å². The summed E-state index contributed by atoms with van der Waals surface area (Å²) < 4.78 is 1.42. The molecule has 0 bridgehead atoms. The first kappa shape index (κ1) is 24.4. The quantitative estimate of drug-likeness (QED) is 0.381. The average molecular weight is 294 g/mol. The van der Waals surface area contributed by atoms with Gasteiger partial charge < -0.3 is 9.96 Å². The highest BCUT2D eigenvalue weighted by Gasteiger charge is 2.24. The van der Waals surface area contributed by atoms with Gasteiger partial charge in [-0.05, 0) is 25.7 Å². The molecule has 2 N–H and O–H groups in total. The van der Waals surface area contributed by atoms with Gasteiger partial charge in [0.1, 0.15) is 0 Å². The van der Waals surface area contributed by atoms with E-state index in [1.807, 2.05) is 0 Å². The second kappa shape index (κ2) is 16.4. The molecule has 0 amide bonds. The standard InChI is InChI=1S/C16H36N.H2O.H3P/c1-5-9-13-17(14-10-6-2,15-11-7-3)16-12-8-4;;/h5-16H2,1-4H3;1H2;1H3/q+1;;. The Bertz CT molecular complexity index is 127. The summed E-state index contributed by atoms with van der Waals surface area (Å²) in [6.07, 6.45) is 11.1. The van der Waals surface area contributed by atoms with E-state index in [1.165, 1.54) is 82.0 Å². The maximum absolute atomic E-state index is 2.33. The molecule has 0 fully saturated rings. The zero-order valence-electron chi connectivity index (χ0n) is 14.1. The molecule has 0 saturated heterocycles. The van der Waals surface area contributed by atoms with Crippen molar-refractivity contribution in [3.05, 3.63) is 0 Å². The van der Waals surface area contributed by atoms with E-state index in [0.29, 0.717) is 0 Å². The number of hydrogen-bond acceptors (Lipinski definition) is 0. The van der Waals surface area contributed by atoms with Crippen molar-refractivity contribution in [3.8, 4) is 0 Å². The summed E-state index contributed by atoms with van der Waals surface area (Å²) in [6.45, 7) is 15.0. The van der Waals surface area contributed by atoms with Gasteiger partial charge in [0.2, 0.25) is 0 Å². The first-order chi connectivity index (χ1) is 8.24. The van der Waals surface area contributed by atoms with Gasteiger partial charge in [-0.3, -0.25) is 0 Å². The molecule has 0 aromatic carbocycles. The van der Waals surface area contributed by atoms with Crippen LogP contribution in [-0.2, 0) is 0 Å². The lowest BCUT2D eigenvalue weighted by atomic mass is 10.1. The molecule has 0 aliphatic heterocycles. The zero-order chi connectivity index (χ0) is 13.0. The van der Waals surface area contributed by atoms with Gasteiger partial charge in [0.05, 0.1) is 26.2 Å². The van der Waals surface area contributed by atoms with Gasteiger partial charge in [0.15, 0.2) is 0 Å². The van der Waals surface area contributed by atoms with E-state index < -0.39 is 0 Å². The molecule has 0 radical (unpaired) electrons. The maximum Gasteiger partial charge on any atom is 0.0786 e. The van der Waals surface area contributed by atoms with E-state index in [4.69, 9.17) is 0 Å². The zero-order valence-corrected chi connectivity index (χ0v) is 15.6. The van der Waals surface area contributed by atoms with E-state index in [1.54, 1.807) is 0 Å². The van der Waals surface area contributed by atoms with Crippen LogP contribution in [0.25, 0.3) is 0 Å². The van der Waals surface area contributed by atoms with Crippen molar-refractivity contribution < 1.29 is 9.96 Å². The Morgan fingerprint density at radius 2 is 0.737 bits per heavy atom. The fourth-order valence-electron chi connectivity index (χ4n) is 2.64. The first-order valence-corrected chi connectivity index (χ1v) is 8.09. The minimum Gasteiger partial charge on any atom is -0.412 e. The summed E-state index contributed by atoms with van der Waals surface area (Å²) in [4.78, 5) is 0. The Labute approximate surface area is 125 Å². The molecule has 0 spiro atoms. The summed E-state index contributed by atoms with van der Waals surface area (Å²) in [5, 5.41) is 0. The van der Waals surface area contributed by atoms with Crippen molar-refractivity contribution in [3.63, 3.8) is 0 Å². The van der Waals surface area contributed by atoms with Crippen LogP contribution in [0.4, 0.5) is 0 Å². The predicted molar refractivity (Wildman–Crippen MR) is 94.1 cm³/mol. The Morgan fingerprint density at radius 3 is 0.895 bits per heavy atom. The summed E-state index contributed by atoms with van der Waals surface area (Å²) in [7, 11) is 0. The number of rotatable bonds is 12. The number of unbranched alkanes of at least 4 members (excludes halogenated alkanes) is 4. The Morgan fingerprint density at radius 1 is 0.526 bits per heavy atom. The second-order valence-electron chi connectivity index (χ2n) is 5.65. The fraction of sp³-hybridized carbons (Fsp3) is 1.00. The third-order valence-corrected chi connectivity index (χ3v) is 3.94. The van der Waals surface area contributed by atoms with E-state index in [0.717, 1.165) is 0 Å². The smallest absolute Gasteiger partial charge is 0.0786 e. The lowest BCUT2D eigenvalue weighted by molar-refractivity contribution is -0.929. The van der Waals surface area contributed by atoms with Crippen molar-refractivity contribution in [1.29, 1.82) is 0 Å². The molecule has 0 saturated carbocycles. The highest BCUT2D eigenvalue weighted by Crippen LogP contribution is 2.16. The average Bonchev–Trinajstić information content (AvgIpc) is 2.37. The van der Waals surface area contributed by atoms with Gasteiger partial charge in [0.25, 0.3) is 0 Å². The van der Waals surface area contributed by atoms with Crippen LogP contribution >= 0.6 is 9.90 Å². The molecule has 0 aromatic heterocycles. The van der Waals surface area contributed by atoms with Crippen LogP contribution in [0.15, 0.2) is 0 Å². The molecule has 3 heteroatoms. The van der Waals surface area contributed by atoms with Crippen molar-refractivity contribution in [2.45, 2.75) is 79.1 Å². The summed E-state index contributed by atoms with van der Waals surface area (Å²) in [6, 6.07) is 0. The van der Waals surface area contributed by atoms with Gasteiger partial charge in [-0.25, -0.2) is 0 Å². The van der Waals surface area contributed by atoms with Crippen LogP contribution in [0.5, 0.6) is 0 Å². The number of nitrogens with zero attached hydrogens (tertiary/aromatic N) is 1. The largest absolute Gasteiger partial charge is 0.412 e. The molecule has 19 heavy (non-hydrogen) atoms. The molecule has 120 valence electrons. The van der Waals surface area contributed by atoms with E-state index >= 15 is 0 Å². The molecule has 0 heterocycles. The van der Waals surface area contributed by atoms with Gasteiger partial charge in [-0.2, -0.15) is 9.90 Å². The monoisotopic (exact) mass is 294 g/mol. The predicted octanol–water partition coefficient (Wildman–Crippen LogP) is 4.24. The van der Waals surface area contributed by atoms with Gasteiger partial charge in [-0.1, -0.05) is 53.4 Å². The summed E-state index contributed by atoms with van der Waals surface area (Å²) >= 11 is 0. The minimum absolute atomic E-state index is 0. The molecule has 0 aliphatic carbocycles. The molecular weight excluding hydrogens is 253 g/mol. The van der Waals surface area contributed by atoms with Crippen LogP contribution in [0.2, 0.25) is 0 Å². The van der Waals surface area contributed by atoms with Crippen LogP contribution in [0, 0.1) is 0 Å². The lowest BCUT2D eigenvalue weighted by Gasteiger charge is -2.39. The molecular formula is C16H41NOP+. The highest BCUT2D eigenvalue weighted by molar-refractivity contribution is 6.92. The maximum atomic E-state index is 2.33. The van der Waals surface area contributed by atoms with E-state index in [9.17, 15) is 0 Å². The van der Waals surface area contributed by atoms with Crippen LogP contribution < -0.4 is 0 Å². The van der Waals surface area contributed by atoms with Crippen LogP contribution in [0.3, 0.4) is 0 Å². The topological polar surface area (TPSA) is 31.5 Å². The van der Waals surface area contributed by atoms with Gasteiger partial charge in [0, 0.05) is 0 Å². The third-order valence-electron chi connectivity index (χ3n) is 3.94. The van der Waals surface area contributed by atoms with E-state index in [-0.39, 0.29) is 15.4 Å². The fourth-order valence-corrected chi connectivity index (χ4v) is 2.64. The van der Waals surface area contributed by atoms with Crippen molar-refractivity contribution >= 4 is 9.90 Å². The minimum atomic E-state index is 0. The normalized spacial score (nSPS) is 10.7. The summed E-state index contributed by atoms with van der Waals surface area (Å²) in [5.41, 5.74) is 0. The van der Waals surface area contributed by atoms with Gasteiger partial charge in [-0.15, -0.1) is 0 Å². The molecule has 1 atom stereocenters. The van der Waals surface area contributed by atoms with Crippen molar-refractivity contribution in [1.82, 2.24) is 0 Å². The lowest BCUT2D eigenvalue weighted by Crippen LogP contribution is -2.50. The highest BCUT2D eigenvalue weighted by atomic mass is 31.0. The number of quaternary nitrogens is 1. The van der Waals surface area contributed by atoms with Crippen molar-refractivity contribution in [2.24, 2.45) is 0 Å².